The number of halogens is 3. The van der Waals surface area contributed by atoms with Crippen LogP contribution in [0.15, 0.2) is 59.7 Å². The topological polar surface area (TPSA) is 33.4 Å². The molecule has 0 bridgehead atoms. The molecule has 2 aromatic heterocycles. The lowest BCUT2D eigenvalue weighted by Crippen LogP contribution is -2.35. The Balaban J connectivity index is 1.67. The molecule has 0 N–H and O–H groups in total. The van der Waals surface area contributed by atoms with E-state index in [9.17, 15) is 13.2 Å². The number of nitrogens with zero attached hydrogens (tertiary/aromatic N) is 4. The summed E-state index contributed by atoms with van der Waals surface area (Å²) in [6.45, 7) is 5.95. The highest BCUT2D eigenvalue weighted by molar-refractivity contribution is 8.14. The summed E-state index contributed by atoms with van der Waals surface area (Å²) in [6.07, 6.45) is -1.69. The van der Waals surface area contributed by atoms with Gasteiger partial charge in [-0.25, -0.2) is 0 Å². The maximum Gasteiger partial charge on any atom is 0.418 e. The highest BCUT2D eigenvalue weighted by Crippen LogP contribution is 2.50. The molecule has 2 aliphatic heterocycles. The van der Waals surface area contributed by atoms with Crippen molar-refractivity contribution in [1.82, 2.24) is 14.5 Å². The average Bonchev–Trinajstić information content (AvgIpc) is 3.45. The van der Waals surface area contributed by atoms with Gasteiger partial charge in [-0.05, 0) is 56.2 Å². The van der Waals surface area contributed by atoms with Crippen molar-refractivity contribution in [3.05, 3.63) is 82.9 Å². The minimum atomic E-state index is -4.43. The van der Waals surface area contributed by atoms with Crippen molar-refractivity contribution in [2.24, 2.45) is 4.99 Å². The molecule has 0 aliphatic carbocycles. The number of benzene rings is 1. The van der Waals surface area contributed by atoms with Crippen LogP contribution in [-0.2, 0) is 6.18 Å². The minimum Gasteiger partial charge on any atom is -0.338 e. The normalized spacial score (nSPS) is 22.5. The molecule has 1 aromatic carbocycles. The van der Waals surface area contributed by atoms with Crippen LogP contribution in [-0.4, -0.2) is 31.4 Å². The lowest BCUT2D eigenvalue weighted by Gasteiger charge is -2.32. The Bertz CT molecular complexity index is 1200. The molecule has 0 unspecified atom stereocenters. The minimum absolute atomic E-state index is 0.104. The first kappa shape index (κ1) is 22.1. The zero-order chi connectivity index (χ0) is 23.3. The van der Waals surface area contributed by atoms with Gasteiger partial charge in [-0.2, -0.15) is 13.2 Å². The van der Waals surface area contributed by atoms with E-state index in [0.717, 1.165) is 46.1 Å². The summed E-state index contributed by atoms with van der Waals surface area (Å²) >= 11 is 1.75. The van der Waals surface area contributed by atoms with Crippen molar-refractivity contribution < 1.29 is 13.2 Å². The van der Waals surface area contributed by atoms with Gasteiger partial charge < -0.3 is 9.47 Å². The largest absolute Gasteiger partial charge is 0.418 e. The van der Waals surface area contributed by atoms with Crippen LogP contribution in [0.5, 0.6) is 0 Å². The summed E-state index contributed by atoms with van der Waals surface area (Å²) in [6, 6.07) is 13.6. The van der Waals surface area contributed by atoms with Crippen LogP contribution in [0.2, 0.25) is 0 Å². The van der Waals surface area contributed by atoms with Crippen LogP contribution < -0.4 is 0 Å². The third-order valence-electron chi connectivity index (χ3n) is 6.57. The summed E-state index contributed by atoms with van der Waals surface area (Å²) in [4.78, 5) is 12.0. The van der Waals surface area contributed by atoms with Crippen LogP contribution in [0.4, 0.5) is 13.2 Å². The molecular weight excluding hydrogens is 445 g/mol. The van der Waals surface area contributed by atoms with Gasteiger partial charge in [-0.15, -0.1) is 0 Å². The summed E-state index contributed by atoms with van der Waals surface area (Å²) in [5.41, 5.74) is 2.97. The number of aliphatic imine (C=N–C) groups is 1. The molecule has 3 aromatic rings. The van der Waals surface area contributed by atoms with E-state index >= 15 is 0 Å². The van der Waals surface area contributed by atoms with Crippen molar-refractivity contribution in [2.75, 3.05) is 5.75 Å². The number of thioether (sulfide) groups is 1. The van der Waals surface area contributed by atoms with Gasteiger partial charge in [0.25, 0.3) is 0 Å². The zero-order valence-electron chi connectivity index (χ0n) is 18.7. The summed E-state index contributed by atoms with van der Waals surface area (Å²) in [5, 5.41) is 1.00. The molecule has 1 fully saturated rings. The molecule has 0 saturated carbocycles. The smallest absolute Gasteiger partial charge is 0.338 e. The number of pyridine rings is 1. The second-order valence-corrected chi connectivity index (χ2v) is 9.50. The SMILES string of the molecule is CC[C@@H]1CSC2=N[C@@H](c3ccccn3)[C@H](c3cc(C)n(-c4ccccc4C(F)(F)F)c3C)N21. The number of para-hydroxylation sites is 1. The number of hydrogen-bond acceptors (Lipinski definition) is 4. The molecule has 4 heterocycles. The lowest BCUT2D eigenvalue weighted by molar-refractivity contribution is -0.137. The molecule has 33 heavy (non-hydrogen) atoms. The Kier molecular flexibility index (Phi) is 5.51. The summed E-state index contributed by atoms with van der Waals surface area (Å²) in [7, 11) is 0. The molecule has 0 radical (unpaired) electrons. The maximum absolute atomic E-state index is 13.8. The van der Waals surface area contributed by atoms with Gasteiger partial charge in [-0.1, -0.05) is 36.9 Å². The molecule has 2 aliphatic rings. The van der Waals surface area contributed by atoms with Crippen molar-refractivity contribution >= 4 is 16.9 Å². The Morgan fingerprint density at radius 1 is 1.09 bits per heavy atom. The number of rotatable bonds is 4. The average molecular weight is 471 g/mol. The lowest BCUT2D eigenvalue weighted by atomic mass is 9.95. The number of aromatic nitrogens is 2. The first-order valence-electron chi connectivity index (χ1n) is 11.1. The first-order valence-corrected chi connectivity index (χ1v) is 12.0. The van der Waals surface area contributed by atoms with Crippen molar-refractivity contribution in [3.8, 4) is 5.69 Å². The molecule has 0 spiro atoms. The Hall–Kier alpha value is -2.74. The summed E-state index contributed by atoms with van der Waals surface area (Å²) < 4.78 is 43.2. The molecular formula is C25H25F3N4S. The van der Waals surface area contributed by atoms with Gasteiger partial charge in [0.15, 0.2) is 5.17 Å². The molecule has 172 valence electrons. The van der Waals surface area contributed by atoms with E-state index in [0.29, 0.717) is 6.04 Å². The van der Waals surface area contributed by atoms with E-state index in [4.69, 9.17) is 4.99 Å². The molecule has 1 saturated heterocycles. The van der Waals surface area contributed by atoms with Gasteiger partial charge in [0.2, 0.25) is 0 Å². The van der Waals surface area contributed by atoms with Crippen LogP contribution in [0.25, 0.3) is 5.69 Å². The number of hydrogen-bond donors (Lipinski definition) is 0. The van der Waals surface area contributed by atoms with Gasteiger partial charge in [0, 0.05) is 29.4 Å². The fourth-order valence-corrected chi connectivity index (χ4v) is 6.39. The number of fused-ring (bicyclic) bond motifs is 1. The van der Waals surface area contributed by atoms with E-state index in [1.54, 1.807) is 34.7 Å². The molecule has 0 amide bonds. The monoisotopic (exact) mass is 470 g/mol. The third-order valence-corrected chi connectivity index (χ3v) is 7.69. The molecule has 4 nitrogen and oxygen atoms in total. The second kappa shape index (κ2) is 8.24. The molecule has 5 rings (SSSR count). The molecule has 3 atom stereocenters. The highest BCUT2D eigenvalue weighted by Gasteiger charge is 2.46. The standard InChI is InChI=1S/C25H25F3N4S/c1-4-17-14-33-24-30-22(20-10-7-8-12-29-20)23(32(17)24)18-13-15(2)31(16(18)3)21-11-6-5-9-19(21)25(26,27)28/h5-13,17,22-23H,4,14H2,1-3H3/t17-,22+,23+/m1/s1. The van der Waals surface area contributed by atoms with Crippen LogP contribution >= 0.6 is 11.8 Å². The fraction of sp³-hybridized carbons (Fsp3) is 0.360. The third kappa shape index (κ3) is 3.64. The Labute approximate surface area is 195 Å². The molecule has 8 heteroatoms. The van der Waals surface area contributed by atoms with Gasteiger partial charge in [0.1, 0.15) is 6.04 Å². The Morgan fingerprint density at radius 2 is 1.85 bits per heavy atom. The predicted octanol–water partition coefficient (Wildman–Crippen LogP) is 6.49. The number of amidine groups is 1. The quantitative estimate of drug-likeness (QED) is 0.437. The van der Waals surface area contributed by atoms with Gasteiger partial charge in [0.05, 0.1) is 23.0 Å². The van der Waals surface area contributed by atoms with Crippen LogP contribution in [0.1, 0.15) is 53.6 Å². The first-order chi connectivity index (χ1) is 15.8. The van der Waals surface area contributed by atoms with Crippen LogP contribution in [0, 0.1) is 13.8 Å². The van der Waals surface area contributed by atoms with Gasteiger partial charge in [-0.3, -0.25) is 9.98 Å². The van der Waals surface area contributed by atoms with E-state index < -0.39 is 11.7 Å². The maximum atomic E-state index is 13.8. The Morgan fingerprint density at radius 3 is 2.55 bits per heavy atom. The van der Waals surface area contributed by atoms with Crippen molar-refractivity contribution in [1.29, 1.82) is 0 Å². The summed E-state index contributed by atoms with van der Waals surface area (Å²) in [5.74, 6) is 0.969. The van der Waals surface area contributed by atoms with E-state index in [1.807, 2.05) is 38.1 Å². The highest BCUT2D eigenvalue weighted by atomic mass is 32.2. The number of aryl methyl sites for hydroxylation is 1. The van der Waals surface area contributed by atoms with Crippen molar-refractivity contribution in [3.63, 3.8) is 0 Å². The van der Waals surface area contributed by atoms with Crippen molar-refractivity contribution in [2.45, 2.75) is 51.5 Å². The van der Waals surface area contributed by atoms with E-state index in [2.05, 4.69) is 16.8 Å². The number of alkyl halides is 3. The second-order valence-electron chi connectivity index (χ2n) is 8.51. The van der Waals surface area contributed by atoms with E-state index in [-0.39, 0.29) is 17.8 Å². The van der Waals surface area contributed by atoms with Crippen LogP contribution in [0.3, 0.4) is 0 Å². The fourth-order valence-electron chi connectivity index (χ4n) is 5.05. The van der Waals surface area contributed by atoms with Gasteiger partial charge >= 0.3 is 6.18 Å². The zero-order valence-corrected chi connectivity index (χ0v) is 19.5. The predicted molar refractivity (Wildman–Crippen MR) is 126 cm³/mol. The van der Waals surface area contributed by atoms with E-state index in [1.165, 1.54) is 6.07 Å².